The van der Waals surface area contributed by atoms with E-state index < -0.39 is 0 Å². The third-order valence-electron chi connectivity index (χ3n) is 3.47. The van der Waals surface area contributed by atoms with Crippen molar-refractivity contribution in [1.82, 2.24) is 5.32 Å². The predicted molar refractivity (Wildman–Crippen MR) is 98.7 cm³/mol. The largest absolute Gasteiger partial charge is 0.489 e. The van der Waals surface area contributed by atoms with Gasteiger partial charge in [-0.25, -0.2) is 0 Å². The summed E-state index contributed by atoms with van der Waals surface area (Å²) in [5, 5.41) is 4.09. The second-order valence-corrected chi connectivity index (χ2v) is 5.64. The molecule has 0 aliphatic heterocycles. The van der Waals surface area contributed by atoms with Gasteiger partial charge in [-0.3, -0.25) is 0 Å². The van der Waals surface area contributed by atoms with Gasteiger partial charge in [0.25, 0.3) is 0 Å². The van der Waals surface area contributed by atoms with Crippen LogP contribution in [0, 0.1) is 0 Å². The van der Waals surface area contributed by atoms with Gasteiger partial charge < -0.3 is 14.5 Å². The van der Waals surface area contributed by atoms with Crippen LogP contribution in [0.4, 0.5) is 0 Å². The molecule has 1 aromatic heterocycles. The summed E-state index contributed by atoms with van der Waals surface area (Å²) in [5.74, 6) is 1.80. The maximum atomic E-state index is 5.94. The van der Waals surface area contributed by atoms with Gasteiger partial charge in [0.05, 0.1) is 12.8 Å². The SMILES string of the molecule is Cl.Clc1ccc(COc2ccccc2CNCc2ccco2)cc1. The molecule has 3 nitrogen and oxygen atoms in total. The van der Waals surface area contributed by atoms with Crippen LogP contribution in [-0.4, -0.2) is 0 Å². The topological polar surface area (TPSA) is 34.4 Å². The molecule has 0 saturated heterocycles. The Labute approximate surface area is 153 Å². The Balaban J connectivity index is 0.00000208. The van der Waals surface area contributed by atoms with E-state index in [1.165, 1.54) is 0 Å². The van der Waals surface area contributed by atoms with Gasteiger partial charge in [-0.15, -0.1) is 12.4 Å². The van der Waals surface area contributed by atoms with Crippen LogP contribution in [-0.2, 0) is 19.7 Å². The third kappa shape index (κ3) is 5.31. The van der Waals surface area contributed by atoms with Crippen LogP contribution >= 0.6 is 24.0 Å². The van der Waals surface area contributed by atoms with Crippen LogP contribution in [0.3, 0.4) is 0 Å². The van der Waals surface area contributed by atoms with E-state index in [2.05, 4.69) is 11.4 Å². The summed E-state index contributed by atoms with van der Waals surface area (Å²) >= 11 is 5.90. The van der Waals surface area contributed by atoms with Crippen LogP contribution in [0.1, 0.15) is 16.9 Å². The molecule has 2 aromatic carbocycles. The van der Waals surface area contributed by atoms with Crippen LogP contribution in [0.25, 0.3) is 0 Å². The molecule has 1 N–H and O–H groups in total. The van der Waals surface area contributed by atoms with E-state index in [0.29, 0.717) is 13.2 Å². The molecule has 0 atom stereocenters. The number of hydrogen-bond acceptors (Lipinski definition) is 3. The van der Waals surface area contributed by atoms with Crippen molar-refractivity contribution in [2.45, 2.75) is 19.7 Å². The minimum Gasteiger partial charge on any atom is -0.489 e. The first-order valence-electron chi connectivity index (χ1n) is 7.49. The zero-order valence-electron chi connectivity index (χ0n) is 13.1. The van der Waals surface area contributed by atoms with E-state index in [1.54, 1.807) is 6.26 Å². The standard InChI is InChI=1S/C19H18ClNO2.ClH/c20-17-9-7-15(8-10-17)14-23-19-6-2-1-4-16(19)12-21-13-18-5-3-11-22-18;/h1-11,21H,12-14H2;1H. The Morgan fingerprint density at radius 3 is 2.46 bits per heavy atom. The van der Waals surface area contributed by atoms with Gasteiger partial charge in [0.1, 0.15) is 18.1 Å². The van der Waals surface area contributed by atoms with Crippen LogP contribution in [0.2, 0.25) is 5.02 Å². The van der Waals surface area contributed by atoms with Crippen molar-refractivity contribution in [3.8, 4) is 5.75 Å². The third-order valence-corrected chi connectivity index (χ3v) is 3.73. The van der Waals surface area contributed by atoms with E-state index in [1.807, 2.05) is 54.6 Å². The molecule has 0 bridgehead atoms. The van der Waals surface area contributed by atoms with Crippen molar-refractivity contribution in [2.24, 2.45) is 0 Å². The van der Waals surface area contributed by atoms with Crippen LogP contribution < -0.4 is 10.1 Å². The van der Waals surface area contributed by atoms with E-state index >= 15 is 0 Å². The van der Waals surface area contributed by atoms with Crippen molar-refractivity contribution in [3.63, 3.8) is 0 Å². The highest BCUT2D eigenvalue weighted by molar-refractivity contribution is 6.30. The van der Waals surface area contributed by atoms with Crippen LogP contribution in [0.5, 0.6) is 5.75 Å². The first-order valence-corrected chi connectivity index (χ1v) is 7.87. The quantitative estimate of drug-likeness (QED) is 0.624. The summed E-state index contributed by atoms with van der Waals surface area (Å²) in [5.41, 5.74) is 2.21. The van der Waals surface area contributed by atoms with E-state index in [9.17, 15) is 0 Å². The number of benzene rings is 2. The molecule has 0 radical (unpaired) electrons. The molecule has 0 fully saturated rings. The highest BCUT2D eigenvalue weighted by Crippen LogP contribution is 2.20. The lowest BCUT2D eigenvalue weighted by Gasteiger charge is -2.12. The highest BCUT2D eigenvalue weighted by Gasteiger charge is 2.04. The molecule has 5 heteroatoms. The summed E-state index contributed by atoms with van der Waals surface area (Å²) < 4.78 is 11.3. The molecule has 0 amide bonds. The molecule has 126 valence electrons. The fraction of sp³-hybridized carbons (Fsp3) is 0.158. The van der Waals surface area contributed by atoms with Gasteiger partial charge in [0.2, 0.25) is 0 Å². The minimum atomic E-state index is 0. The molecule has 3 rings (SSSR count). The molecular weight excluding hydrogens is 345 g/mol. The fourth-order valence-corrected chi connectivity index (χ4v) is 2.39. The lowest BCUT2D eigenvalue weighted by atomic mass is 10.2. The molecule has 0 saturated carbocycles. The van der Waals surface area contributed by atoms with Gasteiger partial charge in [-0.1, -0.05) is 41.9 Å². The fourth-order valence-electron chi connectivity index (χ4n) is 2.27. The summed E-state index contributed by atoms with van der Waals surface area (Å²) in [6.07, 6.45) is 1.68. The number of ether oxygens (including phenoxy) is 1. The zero-order chi connectivity index (χ0) is 15.9. The summed E-state index contributed by atoms with van der Waals surface area (Å²) in [6.45, 7) is 1.93. The second kappa shape index (κ2) is 9.38. The normalized spacial score (nSPS) is 10.2. The monoisotopic (exact) mass is 363 g/mol. The first-order chi connectivity index (χ1) is 11.3. The maximum absolute atomic E-state index is 5.94. The molecule has 0 unspecified atom stereocenters. The number of furan rings is 1. The molecule has 24 heavy (non-hydrogen) atoms. The number of nitrogens with one attached hydrogen (secondary N) is 1. The van der Waals surface area contributed by atoms with E-state index in [-0.39, 0.29) is 12.4 Å². The molecule has 0 aliphatic carbocycles. The van der Waals surface area contributed by atoms with Crippen molar-refractivity contribution >= 4 is 24.0 Å². The minimum absolute atomic E-state index is 0. The van der Waals surface area contributed by atoms with Gasteiger partial charge in [-0.05, 0) is 35.9 Å². The van der Waals surface area contributed by atoms with Crippen molar-refractivity contribution < 1.29 is 9.15 Å². The number of rotatable bonds is 7. The zero-order valence-corrected chi connectivity index (χ0v) is 14.6. The molecular formula is C19H19Cl2NO2. The Kier molecular flexibility index (Phi) is 7.19. The first kappa shape index (κ1) is 18.4. The Hall–Kier alpha value is -1.94. The lowest BCUT2D eigenvalue weighted by Crippen LogP contribution is -2.13. The highest BCUT2D eigenvalue weighted by atomic mass is 35.5. The molecule has 3 aromatic rings. The Morgan fingerprint density at radius 1 is 0.917 bits per heavy atom. The molecule has 0 aliphatic rings. The summed E-state index contributed by atoms with van der Waals surface area (Å²) in [7, 11) is 0. The summed E-state index contributed by atoms with van der Waals surface area (Å²) in [6, 6.07) is 19.6. The van der Waals surface area contributed by atoms with Gasteiger partial charge in [0.15, 0.2) is 0 Å². The number of para-hydroxylation sites is 1. The van der Waals surface area contributed by atoms with Crippen molar-refractivity contribution in [2.75, 3.05) is 0 Å². The Morgan fingerprint density at radius 2 is 1.71 bits per heavy atom. The maximum Gasteiger partial charge on any atom is 0.124 e. The molecule has 0 spiro atoms. The number of halogens is 2. The lowest BCUT2D eigenvalue weighted by molar-refractivity contribution is 0.302. The predicted octanol–water partition coefficient (Wildman–Crippen LogP) is 5.22. The van der Waals surface area contributed by atoms with E-state index in [0.717, 1.165) is 34.2 Å². The number of hydrogen-bond donors (Lipinski definition) is 1. The second-order valence-electron chi connectivity index (χ2n) is 5.21. The molecule has 1 heterocycles. The Bertz CT molecular complexity index is 727. The van der Waals surface area contributed by atoms with Crippen molar-refractivity contribution in [3.05, 3.63) is 88.8 Å². The smallest absolute Gasteiger partial charge is 0.124 e. The van der Waals surface area contributed by atoms with Crippen LogP contribution in [0.15, 0.2) is 71.3 Å². The van der Waals surface area contributed by atoms with Crippen molar-refractivity contribution in [1.29, 1.82) is 0 Å². The average molecular weight is 364 g/mol. The summed E-state index contributed by atoms with van der Waals surface area (Å²) in [4.78, 5) is 0. The average Bonchev–Trinajstić information content (AvgIpc) is 3.09. The van der Waals surface area contributed by atoms with E-state index in [4.69, 9.17) is 20.8 Å². The van der Waals surface area contributed by atoms with Gasteiger partial charge in [-0.2, -0.15) is 0 Å². The van der Waals surface area contributed by atoms with Gasteiger partial charge >= 0.3 is 0 Å². The van der Waals surface area contributed by atoms with Gasteiger partial charge in [0, 0.05) is 17.1 Å².